The van der Waals surface area contributed by atoms with Gasteiger partial charge in [-0.05, 0) is 49.2 Å². The van der Waals surface area contributed by atoms with E-state index in [4.69, 9.17) is 0 Å². The first kappa shape index (κ1) is 22.7. The summed E-state index contributed by atoms with van der Waals surface area (Å²) in [5.74, 6) is -0.405. The minimum absolute atomic E-state index is 0.0211. The lowest BCUT2D eigenvalue weighted by Gasteiger charge is -2.30. The Labute approximate surface area is 186 Å². The van der Waals surface area contributed by atoms with Crippen LogP contribution in [0.25, 0.3) is 0 Å². The summed E-state index contributed by atoms with van der Waals surface area (Å²) in [5.41, 5.74) is 3.27. The average molecular weight is 431 g/mol. The van der Waals surface area contributed by atoms with Gasteiger partial charge in [-0.25, -0.2) is 0 Å². The number of amides is 2. The third-order valence-electron chi connectivity index (χ3n) is 5.25. The molecule has 0 heterocycles. The second kappa shape index (κ2) is 9.87. The third-order valence-corrected chi connectivity index (χ3v) is 5.25. The summed E-state index contributed by atoms with van der Waals surface area (Å²) >= 11 is 0. The van der Waals surface area contributed by atoms with Crippen molar-refractivity contribution < 1.29 is 14.5 Å². The molecule has 1 unspecified atom stereocenters. The van der Waals surface area contributed by atoms with Crippen LogP contribution in [0.5, 0.6) is 0 Å². The van der Waals surface area contributed by atoms with Gasteiger partial charge in [-0.3, -0.25) is 19.7 Å². The smallest absolute Gasteiger partial charge is 0.272 e. The Hall–Kier alpha value is -4.00. The zero-order chi connectivity index (χ0) is 23.3. The molecule has 7 heteroatoms. The molecule has 2 amide bonds. The van der Waals surface area contributed by atoms with Crippen molar-refractivity contribution in [2.45, 2.75) is 33.4 Å². The molecule has 0 saturated heterocycles. The summed E-state index contributed by atoms with van der Waals surface area (Å²) < 4.78 is 0. The first-order chi connectivity index (χ1) is 15.3. The number of hydrogen-bond acceptors (Lipinski definition) is 4. The van der Waals surface area contributed by atoms with Crippen LogP contribution in [-0.2, 0) is 11.3 Å². The molecule has 1 N–H and O–H groups in total. The number of nitro benzene ring substituents is 1. The first-order valence-electron chi connectivity index (χ1n) is 10.2. The Morgan fingerprint density at radius 3 is 2.38 bits per heavy atom. The molecule has 0 aliphatic heterocycles. The summed E-state index contributed by atoms with van der Waals surface area (Å²) in [5, 5.41) is 13.9. The second-order valence-corrected chi connectivity index (χ2v) is 7.66. The fourth-order valence-corrected chi connectivity index (χ4v) is 3.58. The van der Waals surface area contributed by atoms with Gasteiger partial charge < -0.3 is 10.2 Å². The molecule has 0 aromatic heterocycles. The second-order valence-electron chi connectivity index (χ2n) is 7.66. The maximum atomic E-state index is 13.5. The minimum Gasteiger partial charge on any atom is -0.328 e. The van der Waals surface area contributed by atoms with Gasteiger partial charge in [0.15, 0.2) is 0 Å². The predicted molar refractivity (Wildman–Crippen MR) is 123 cm³/mol. The fraction of sp³-hybridized carbons (Fsp3) is 0.200. The van der Waals surface area contributed by atoms with Crippen molar-refractivity contribution in [1.29, 1.82) is 0 Å². The number of anilines is 1. The molecule has 0 spiro atoms. The normalized spacial score (nSPS) is 11.5. The Morgan fingerprint density at radius 1 is 1.03 bits per heavy atom. The maximum Gasteiger partial charge on any atom is 0.272 e. The van der Waals surface area contributed by atoms with Gasteiger partial charge in [-0.15, -0.1) is 0 Å². The van der Waals surface area contributed by atoms with Crippen molar-refractivity contribution in [2.75, 3.05) is 5.32 Å². The summed E-state index contributed by atoms with van der Waals surface area (Å²) in [6, 6.07) is 21.1. The van der Waals surface area contributed by atoms with Crippen LogP contribution in [0.15, 0.2) is 72.8 Å². The summed E-state index contributed by atoms with van der Waals surface area (Å²) in [4.78, 5) is 37.4. The van der Waals surface area contributed by atoms with Crippen LogP contribution in [0.3, 0.4) is 0 Å². The molecule has 3 aromatic rings. The molecule has 3 aromatic carbocycles. The molecule has 0 aliphatic rings. The number of nitrogens with zero attached hydrogens (tertiary/aromatic N) is 2. The van der Waals surface area contributed by atoms with E-state index in [1.165, 1.54) is 19.1 Å². The third kappa shape index (κ3) is 5.37. The van der Waals surface area contributed by atoms with Crippen molar-refractivity contribution in [1.82, 2.24) is 4.90 Å². The highest BCUT2D eigenvalue weighted by Crippen LogP contribution is 2.28. The van der Waals surface area contributed by atoms with Crippen molar-refractivity contribution in [3.8, 4) is 0 Å². The van der Waals surface area contributed by atoms with Crippen LogP contribution in [0, 0.1) is 17.0 Å². The Balaban J connectivity index is 1.98. The Kier molecular flexibility index (Phi) is 7.00. The van der Waals surface area contributed by atoms with Crippen LogP contribution in [0.1, 0.15) is 46.9 Å². The van der Waals surface area contributed by atoms with Crippen molar-refractivity contribution >= 4 is 23.2 Å². The van der Waals surface area contributed by atoms with E-state index in [9.17, 15) is 19.7 Å². The van der Waals surface area contributed by atoms with Gasteiger partial charge in [0.1, 0.15) is 0 Å². The zero-order valence-electron chi connectivity index (χ0n) is 18.2. The average Bonchev–Trinajstić information content (AvgIpc) is 2.76. The predicted octanol–water partition coefficient (Wildman–Crippen LogP) is 5.27. The lowest BCUT2D eigenvalue weighted by molar-refractivity contribution is -0.385. The molecule has 0 fully saturated rings. The van der Waals surface area contributed by atoms with E-state index in [2.05, 4.69) is 5.32 Å². The summed E-state index contributed by atoms with van der Waals surface area (Å²) in [6.45, 7) is 5.35. The summed E-state index contributed by atoms with van der Waals surface area (Å²) in [6.07, 6.45) is 0. The molecule has 0 aliphatic carbocycles. The molecule has 7 nitrogen and oxygen atoms in total. The van der Waals surface area contributed by atoms with E-state index in [1.807, 2.05) is 55.5 Å². The van der Waals surface area contributed by atoms with Crippen LogP contribution in [0.4, 0.5) is 11.4 Å². The van der Waals surface area contributed by atoms with Gasteiger partial charge in [0.25, 0.3) is 11.6 Å². The van der Waals surface area contributed by atoms with Crippen molar-refractivity contribution in [3.63, 3.8) is 0 Å². The topological polar surface area (TPSA) is 92.6 Å². The van der Waals surface area contributed by atoms with Gasteiger partial charge >= 0.3 is 0 Å². The molecule has 0 saturated carbocycles. The summed E-state index contributed by atoms with van der Waals surface area (Å²) in [7, 11) is 0. The highest BCUT2D eigenvalue weighted by atomic mass is 16.6. The van der Waals surface area contributed by atoms with Crippen LogP contribution in [-0.4, -0.2) is 21.6 Å². The molecule has 0 radical (unpaired) electrons. The van der Waals surface area contributed by atoms with E-state index < -0.39 is 4.92 Å². The quantitative estimate of drug-likeness (QED) is 0.408. The van der Waals surface area contributed by atoms with E-state index in [0.29, 0.717) is 23.4 Å². The number of carbonyl (C=O) groups is 2. The van der Waals surface area contributed by atoms with Gasteiger partial charge in [-0.1, -0.05) is 42.5 Å². The zero-order valence-corrected chi connectivity index (χ0v) is 18.2. The number of rotatable bonds is 7. The maximum absolute atomic E-state index is 13.5. The van der Waals surface area contributed by atoms with Crippen LogP contribution in [0.2, 0.25) is 0 Å². The van der Waals surface area contributed by atoms with Crippen LogP contribution < -0.4 is 5.32 Å². The van der Waals surface area contributed by atoms with Crippen molar-refractivity contribution in [3.05, 3.63) is 105 Å². The molecule has 164 valence electrons. The van der Waals surface area contributed by atoms with Gasteiger partial charge in [-0.2, -0.15) is 0 Å². The number of aryl methyl sites for hydroxylation is 1. The van der Waals surface area contributed by atoms with Crippen LogP contribution >= 0.6 is 0 Å². The van der Waals surface area contributed by atoms with E-state index in [1.54, 1.807) is 24.0 Å². The fourth-order valence-electron chi connectivity index (χ4n) is 3.58. The van der Waals surface area contributed by atoms with Gasteiger partial charge in [0.2, 0.25) is 5.91 Å². The SMILES string of the molecule is CC(=O)Nc1cccc(C(C)N(Cc2ccccc2)C(=O)c2ccc([N+](=O)[O-])c(C)c2)c1. The number of carbonyl (C=O) groups excluding carboxylic acids is 2. The standard InChI is InChI=1S/C25H25N3O4/c1-17-14-22(12-13-24(17)28(31)32)25(30)27(16-20-8-5-4-6-9-20)18(2)21-10-7-11-23(15-21)26-19(3)29/h4-15,18H,16H2,1-3H3,(H,26,29). The number of nitro groups is 1. The lowest BCUT2D eigenvalue weighted by atomic mass is 10.0. The molecular formula is C25H25N3O4. The molecule has 0 bridgehead atoms. The Morgan fingerprint density at radius 2 is 1.75 bits per heavy atom. The van der Waals surface area contributed by atoms with E-state index in [-0.39, 0.29) is 23.5 Å². The number of benzene rings is 3. The Bertz CT molecular complexity index is 1140. The van der Waals surface area contributed by atoms with E-state index in [0.717, 1.165) is 11.1 Å². The molecule has 32 heavy (non-hydrogen) atoms. The monoisotopic (exact) mass is 431 g/mol. The first-order valence-corrected chi connectivity index (χ1v) is 10.2. The highest BCUT2D eigenvalue weighted by molar-refractivity contribution is 5.95. The lowest BCUT2D eigenvalue weighted by Crippen LogP contribution is -2.33. The number of hydrogen-bond donors (Lipinski definition) is 1. The number of nitrogens with one attached hydrogen (secondary N) is 1. The highest BCUT2D eigenvalue weighted by Gasteiger charge is 2.25. The molecular weight excluding hydrogens is 406 g/mol. The van der Waals surface area contributed by atoms with E-state index >= 15 is 0 Å². The van der Waals surface area contributed by atoms with Crippen molar-refractivity contribution in [2.24, 2.45) is 0 Å². The molecule has 3 rings (SSSR count). The van der Waals surface area contributed by atoms with Gasteiger partial charge in [0.05, 0.1) is 11.0 Å². The largest absolute Gasteiger partial charge is 0.328 e. The van der Waals surface area contributed by atoms with Gasteiger partial charge in [0, 0.05) is 36.3 Å². The minimum atomic E-state index is -0.457. The molecule has 1 atom stereocenters.